The summed E-state index contributed by atoms with van der Waals surface area (Å²) in [6.07, 6.45) is 1.39. The first-order valence-electron chi connectivity index (χ1n) is 7.47. The summed E-state index contributed by atoms with van der Waals surface area (Å²) in [4.78, 5) is 27.4. The van der Waals surface area contributed by atoms with Crippen molar-refractivity contribution in [1.82, 2.24) is 14.8 Å². The Labute approximate surface area is 152 Å². The number of nitrogens with two attached hydrogens (primary N) is 1. The molecule has 0 aliphatic rings. The summed E-state index contributed by atoms with van der Waals surface area (Å²) in [6.45, 7) is 0.429. The molecule has 3 aromatic rings. The van der Waals surface area contributed by atoms with Crippen LogP contribution in [0.15, 0.2) is 48.8 Å². The van der Waals surface area contributed by atoms with Crippen molar-refractivity contribution in [2.24, 2.45) is 5.73 Å². The third-order valence-electron chi connectivity index (χ3n) is 3.49. The monoisotopic (exact) mass is 373 g/mol. The molecule has 0 aliphatic carbocycles. The van der Waals surface area contributed by atoms with Gasteiger partial charge in [0.25, 0.3) is 5.91 Å². The predicted octanol–water partition coefficient (Wildman–Crippen LogP) is 2.47. The number of hydrogen-bond donors (Lipinski definition) is 2. The van der Waals surface area contributed by atoms with E-state index in [-0.39, 0.29) is 22.1 Å². The highest BCUT2D eigenvalue weighted by Crippen LogP contribution is 2.25. The highest BCUT2D eigenvalue weighted by molar-refractivity contribution is 6.31. The van der Waals surface area contributed by atoms with E-state index in [0.29, 0.717) is 6.54 Å². The van der Waals surface area contributed by atoms with Gasteiger partial charge in [0.05, 0.1) is 17.3 Å². The maximum atomic E-state index is 14.1. The molecule has 2 amide bonds. The minimum atomic E-state index is -0.881. The number of rotatable bonds is 5. The second-order valence-electron chi connectivity index (χ2n) is 5.39. The molecule has 0 atom stereocenters. The number of benzene rings is 2. The third kappa shape index (κ3) is 3.86. The van der Waals surface area contributed by atoms with Crippen LogP contribution in [0.5, 0.6) is 0 Å². The standard InChI is InChI=1S/C17H13ClFN5O2/c18-12-6-11(15(20)25)7-13(14(12)19)22-17(26)16-21-9-24(23-16)8-10-4-2-1-3-5-10/h1-7,9H,8H2,(H2,20,25)(H,22,26). The molecule has 1 heterocycles. The van der Waals surface area contributed by atoms with Crippen LogP contribution in [0.25, 0.3) is 0 Å². The van der Waals surface area contributed by atoms with E-state index in [1.807, 2.05) is 30.3 Å². The van der Waals surface area contributed by atoms with E-state index in [1.165, 1.54) is 11.0 Å². The number of amides is 2. The lowest BCUT2D eigenvalue weighted by Gasteiger charge is -2.07. The number of carbonyl (C=O) groups excluding carboxylic acids is 2. The van der Waals surface area contributed by atoms with Crippen molar-refractivity contribution in [2.45, 2.75) is 6.54 Å². The molecule has 26 heavy (non-hydrogen) atoms. The summed E-state index contributed by atoms with van der Waals surface area (Å²) in [7, 11) is 0. The Kier molecular flexibility index (Phi) is 4.94. The molecule has 3 rings (SSSR count). The summed E-state index contributed by atoms with van der Waals surface area (Å²) in [5, 5.41) is 6.02. The molecule has 0 fully saturated rings. The van der Waals surface area contributed by atoms with Crippen LogP contribution in [0, 0.1) is 5.82 Å². The fourth-order valence-corrected chi connectivity index (χ4v) is 2.47. The predicted molar refractivity (Wildman–Crippen MR) is 93.4 cm³/mol. The first-order chi connectivity index (χ1) is 12.4. The number of halogens is 2. The lowest BCUT2D eigenvalue weighted by Crippen LogP contribution is -2.17. The largest absolute Gasteiger partial charge is 0.366 e. The molecule has 132 valence electrons. The molecule has 7 nitrogen and oxygen atoms in total. The molecule has 2 aromatic carbocycles. The second-order valence-corrected chi connectivity index (χ2v) is 5.80. The molecule has 3 N–H and O–H groups in total. The van der Waals surface area contributed by atoms with Gasteiger partial charge in [-0.3, -0.25) is 9.59 Å². The number of carbonyl (C=O) groups is 2. The Morgan fingerprint density at radius 1 is 1.23 bits per heavy atom. The summed E-state index contributed by atoms with van der Waals surface area (Å²) >= 11 is 5.72. The number of primary amides is 1. The molecular formula is C17H13ClFN5O2. The maximum absolute atomic E-state index is 14.1. The molecule has 0 unspecified atom stereocenters. The van der Waals surface area contributed by atoms with Crippen LogP contribution in [-0.4, -0.2) is 26.6 Å². The Morgan fingerprint density at radius 3 is 2.65 bits per heavy atom. The number of hydrogen-bond acceptors (Lipinski definition) is 4. The maximum Gasteiger partial charge on any atom is 0.295 e. The van der Waals surface area contributed by atoms with E-state index < -0.39 is 17.6 Å². The SMILES string of the molecule is NC(=O)c1cc(Cl)c(F)c(NC(=O)c2ncn(Cc3ccccc3)n2)c1. The first kappa shape index (κ1) is 17.6. The average Bonchev–Trinajstić information content (AvgIpc) is 3.08. The molecule has 0 bridgehead atoms. The highest BCUT2D eigenvalue weighted by Gasteiger charge is 2.17. The zero-order valence-electron chi connectivity index (χ0n) is 13.3. The normalized spacial score (nSPS) is 10.5. The number of nitrogens with zero attached hydrogens (tertiary/aromatic N) is 3. The zero-order valence-corrected chi connectivity index (χ0v) is 14.1. The Bertz CT molecular complexity index is 975. The number of anilines is 1. The fraction of sp³-hybridized carbons (Fsp3) is 0.0588. The van der Waals surface area contributed by atoms with E-state index in [9.17, 15) is 14.0 Å². The quantitative estimate of drug-likeness (QED) is 0.717. The van der Waals surface area contributed by atoms with Crippen LogP contribution in [0.4, 0.5) is 10.1 Å². The minimum Gasteiger partial charge on any atom is -0.366 e. The minimum absolute atomic E-state index is 0.0331. The van der Waals surface area contributed by atoms with E-state index >= 15 is 0 Å². The van der Waals surface area contributed by atoms with Gasteiger partial charge < -0.3 is 11.1 Å². The van der Waals surface area contributed by atoms with Gasteiger partial charge in [-0.05, 0) is 17.7 Å². The van der Waals surface area contributed by atoms with Gasteiger partial charge in [-0.1, -0.05) is 41.9 Å². The summed E-state index contributed by atoms with van der Waals surface area (Å²) in [5.74, 6) is -2.57. The van der Waals surface area contributed by atoms with Crippen LogP contribution in [0.3, 0.4) is 0 Å². The van der Waals surface area contributed by atoms with Crippen molar-refractivity contribution >= 4 is 29.1 Å². The lowest BCUT2D eigenvalue weighted by molar-refractivity contribution is 0.0994. The zero-order chi connectivity index (χ0) is 18.7. The molecule has 0 spiro atoms. The Balaban J connectivity index is 1.78. The number of aromatic nitrogens is 3. The van der Waals surface area contributed by atoms with Crippen molar-refractivity contribution in [3.63, 3.8) is 0 Å². The number of nitrogens with one attached hydrogen (secondary N) is 1. The molecule has 0 saturated carbocycles. The third-order valence-corrected chi connectivity index (χ3v) is 3.76. The molecule has 0 aliphatic heterocycles. The van der Waals surface area contributed by atoms with Crippen LogP contribution in [-0.2, 0) is 6.54 Å². The van der Waals surface area contributed by atoms with Crippen molar-refractivity contribution in [2.75, 3.05) is 5.32 Å². The molecule has 0 saturated heterocycles. The Morgan fingerprint density at radius 2 is 1.96 bits per heavy atom. The van der Waals surface area contributed by atoms with Gasteiger partial charge in [-0.15, -0.1) is 5.10 Å². The van der Waals surface area contributed by atoms with Crippen LogP contribution >= 0.6 is 11.6 Å². The summed E-state index contributed by atoms with van der Waals surface area (Å²) in [5.41, 5.74) is 5.83. The van der Waals surface area contributed by atoms with E-state index in [4.69, 9.17) is 17.3 Å². The van der Waals surface area contributed by atoms with Gasteiger partial charge in [0, 0.05) is 5.56 Å². The second kappa shape index (κ2) is 7.32. The van der Waals surface area contributed by atoms with Gasteiger partial charge >= 0.3 is 0 Å². The van der Waals surface area contributed by atoms with Gasteiger partial charge in [-0.25, -0.2) is 14.1 Å². The molecular weight excluding hydrogens is 361 g/mol. The van der Waals surface area contributed by atoms with E-state index in [0.717, 1.165) is 17.7 Å². The van der Waals surface area contributed by atoms with Gasteiger partial charge in [-0.2, -0.15) is 0 Å². The lowest BCUT2D eigenvalue weighted by atomic mass is 10.2. The topological polar surface area (TPSA) is 103 Å². The van der Waals surface area contributed by atoms with Crippen molar-refractivity contribution in [1.29, 1.82) is 0 Å². The van der Waals surface area contributed by atoms with Crippen molar-refractivity contribution in [3.05, 3.63) is 76.6 Å². The van der Waals surface area contributed by atoms with Crippen LogP contribution in [0.2, 0.25) is 5.02 Å². The summed E-state index contributed by atoms with van der Waals surface area (Å²) in [6, 6.07) is 11.7. The molecule has 1 aromatic heterocycles. The fourth-order valence-electron chi connectivity index (χ4n) is 2.25. The summed E-state index contributed by atoms with van der Waals surface area (Å²) < 4.78 is 15.5. The van der Waals surface area contributed by atoms with E-state index in [1.54, 1.807) is 0 Å². The van der Waals surface area contributed by atoms with Gasteiger partial charge in [0.2, 0.25) is 11.7 Å². The Hall–Kier alpha value is -3.26. The highest BCUT2D eigenvalue weighted by atomic mass is 35.5. The van der Waals surface area contributed by atoms with Crippen molar-refractivity contribution < 1.29 is 14.0 Å². The van der Waals surface area contributed by atoms with Crippen LogP contribution in [0.1, 0.15) is 26.5 Å². The van der Waals surface area contributed by atoms with Crippen molar-refractivity contribution in [3.8, 4) is 0 Å². The first-order valence-corrected chi connectivity index (χ1v) is 7.85. The smallest absolute Gasteiger partial charge is 0.295 e. The molecule has 9 heteroatoms. The molecule has 0 radical (unpaired) electrons. The average molecular weight is 374 g/mol. The van der Waals surface area contributed by atoms with E-state index in [2.05, 4.69) is 15.4 Å². The van der Waals surface area contributed by atoms with Gasteiger partial charge in [0.1, 0.15) is 6.33 Å². The van der Waals surface area contributed by atoms with Gasteiger partial charge in [0.15, 0.2) is 5.82 Å². The van der Waals surface area contributed by atoms with Crippen LogP contribution < -0.4 is 11.1 Å².